The van der Waals surface area contributed by atoms with Gasteiger partial charge in [-0.3, -0.25) is 0 Å². The number of aromatic nitrogens is 1. The number of pyridine rings is 1. The van der Waals surface area contributed by atoms with E-state index in [1.54, 1.807) is 0 Å². The molecule has 1 saturated heterocycles. The predicted molar refractivity (Wildman–Crippen MR) is 88.4 cm³/mol. The third-order valence-electron chi connectivity index (χ3n) is 4.14. The Hall–Kier alpha value is -1.20. The Labute approximate surface area is 127 Å². The average Bonchev–Trinajstić information content (AvgIpc) is 2.46. The molecule has 1 aliphatic heterocycles. The average molecular weight is 292 g/mol. The fourth-order valence-electron chi connectivity index (χ4n) is 2.78. The van der Waals surface area contributed by atoms with Gasteiger partial charge in [-0.05, 0) is 38.4 Å². The summed E-state index contributed by atoms with van der Waals surface area (Å²) in [6.45, 7) is 7.68. The van der Waals surface area contributed by atoms with Crippen LogP contribution >= 0.6 is 12.2 Å². The molecule has 1 fully saturated rings. The minimum atomic E-state index is 0.436. The molecular weight excluding hydrogens is 268 g/mol. The van der Waals surface area contributed by atoms with Gasteiger partial charge in [0.2, 0.25) is 0 Å². The van der Waals surface area contributed by atoms with Gasteiger partial charge in [0.15, 0.2) is 0 Å². The Morgan fingerprint density at radius 3 is 2.65 bits per heavy atom. The lowest BCUT2D eigenvalue weighted by atomic mass is 10.0. The molecule has 2 rings (SSSR count). The molecule has 0 atom stereocenters. The van der Waals surface area contributed by atoms with Crippen LogP contribution in [-0.2, 0) is 0 Å². The molecule has 5 heteroatoms. The minimum Gasteiger partial charge on any atom is -0.389 e. The molecule has 110 valence electrons. The van der Waals surface area contributed by atoms with Gasteiger partial charge in [0.25, 0.3) is 0 Å². The van der Waals surface area contributed by atoms with Crippen molar-refractivity contribution in [2.24, 2.45) is 5.73 Å². The van der Waals surface area contributed by atoms with E-state index >= 15 is 0 Å². The molecule has 1 aliphatic rings. The Morgan fingerprint density at radius 2 is 2.10 bits per heavy atom. The fourth-order valence-corrected chi connectivity index (χ4v) is 2.90. The Morgan fingerprint density at radius 1 is 1.45 bits per heavy atom. The molecule has 2 heterocycles. The quantitative estimate of drug-likeness (QED) is 0.859. The maximum Gasteiger partial charge on any atom is 0.129 e. The molecule has 0 amide bonds. The molecule has 0 aliphatic carbocycles. The minimum absolute atomic E-state index is 0.436. The number of hydrogen-bond acceptors (Lipinski definition) is 4. The Bertz CT molecular complexity index is 481. The third kappa shape index (κ3) is 3.46. The van der Waals surface area contributed by atoms with Gasteiger partial charge >= 0.3 is 0 Å². The van der Waals surface area contributed by atoms with Crippen molar-refractivity contribution in [2.45, 2.75) is 32.7 Å². The fraction of sp³-hybridized carbons (Fsp3) is 0.600. The van der Waals surface area contributed by atoms with Crippen molar-refractivity contribution in [3.05, 3.63) is 23.4 Å². The summed E-state index contributed by atoms with van der Waals surface area (Å²) in [5.74, 6) is 0.975. The van der Waals surface area contributed by atoms with Crippen molar-refractivity contribution in [1.82, 2.24) is 9.88 Å². The number of rotatable bonds is 4. The maximum atomic E-state index is 5.74. The van der Waals surface area contributed by atoms with Gasteiger partial charge in [-0.2, -0.15) is 0 Å². The number of aryl methyl sites for hydroxylation is 1. The first kappa shape index (κ1) is 15.2. The number of piperidine rings is 1. The second-order valence-corrected chi connectivity index (χ2v) is 5.94. The van der Waals surface area contributed by atoms with Gasteiger partial charge in [-0.25, -0.2) is 4.98 Å². The van der Waals surface area contributed by atoms with E-state index in [4.69, 9.17) is 18.0 Å². The lowest BCUT2D eigenvalue weighted by Crippen LogP contribution is -2.43. The third-order valence-corrected chi connectivity index (χ3v) is 4.37. The topological polar surface area (TPSA) is 45.4 Å². The summed E-state index contributed by atoms with van der Waals surface area (Å²) in [5.41, 5.74) is 7.61. The number of thiocarbonyl (C=S) groups is 1. The zero-order valence-corrected chi connectivity index (χ0v) is 13.4. The lowest BCUT2D eigenvalue weighted by Gasteiger charge is -2.37. The molecule has 1 aromatic rings. The number of hydrogen-bond donors (Lipinski definition) is 1. The van der Waals surface area contributed by atoms with Crippen LogP contribution in [0.1, 0.15) is 31.0 Å². The molecule has 0 bridgehead atoms. The molecule has 0 aromatic carbocycles. The Kier molecular flexibility index (Phi) is 4.94. The predicted octanol–water partition coefficient (Wildman–Crippen LogP) is 1.94. The van der Waals surface area contributed by atoms with Gasteiger partial charge in [-0.1, -0.05) is 19.1 Å². The molecule has 0 spiro atoms. The van der Waals surface area contributed by atoms with E-state index in [1.807, 2.05) is 19.1 Å². The molecule has 2 N–H and O–H groups in total. The van der Waals surface area contributed by atoms with Crippen molar-refractivity contribution in [2.75, 3.05) is 31.6 Å². The highest BCUT2D eigenvalue weighted by atomic mass is 32.1. The van der Waals surface area contributed by atoms with Gasteiger partial charge in [0.05, 0.1) is 0 Å². The van der Waals surface area contributed by atoms with Gasteiger partial charge < -0.3 is 15.5 Å². The summed E-state index contributed by atoms with van der Waals surface area (Å²) in [5, 5.41) is 0. The Balaban J connectivity index is 2.13. The monoisotopic (exact) mass is 292 g/mol. The van der Waals surface area contributed by atoms with E-state index in [0.29, 0.717) is 11.0 Å². The van der Waals surface area contributed by atoms with E-state index in [0.717, 1.165) is 23.6 Å². The smallest absolute Gasteiger partial charge is 0.129 e. The second kappa shape index (κ2) is 6.50. The molecule has 0 saturated carbocycles. The first-order chi connectivity index (χ1) is 9.51. The lowest BCUT2D eigenvalue weighted by molar-refractivity contribution is 0.220. The van der Waals surface area contributed by atoms with Crippen LogP contribution in [-0.4, -0.2) is 47.6 Å². The van der Waals surface area contributed by atoms with Crippen molar-refractivity contribution < 1.29 is 0 Å². The van der Waals surface area contributed by atoms with E-state index < -0.39 is 0 Å². The normalized spacial score (nSPS) is 17.1. The number of nitrogens with two attached hydrogens (primary N) is 1. The molecule has 20 heavy (non-hydrogen) atoms. The van der Waals surface area contributed by atoms with Crippen LogP contribution in [0.15, 0.2) is 12.1 Å². The van der Waals surface area contributed by atoms with Crippen LogP contribution in [0.2, 0.25) is 0 Å². The first-order valence-corrected chi connectivity index (χ1v) is 7.65. The number of likely N-dealkylation sites (tertiary alicyclic amines) is 1. The van der Waals surface area contributed by atoms with Crippen LogP contribution in [0.3, 0.4) is 0 Å². The summed E-state index contributed by atoms with van der Waals surface area (Å²) in [6, 6.07) is 4.49. The summed E-state index contributed by atoms with van der Waals surface area (Å²) in [7, 11) is 2.12. The molecular formula is C15H24N4S. The molecule has 0 unspecified atom stereocenters. The van der Waals surface area contributed by atoms with Crippen LogP contribution in [0.25, 0.3) is 0 Å². The van der Waals surface area contributed by atoms with Gasteiger partial charge in [-0.15, -0.1) is 0 Å². The van der Waals surface area contributed by atoms with Crippen LogP contribution in [0.4, 0.5) is 5.82 Å². The number of anilines is 1. The van der Waals surface area contributed by atoms with Crippen molar-refractivity contribution in [1.29, 1.82) is 0 Å². The van der Waals surface area contributed by atoms with Crippen LogP contribution in [0.5, 0.6) is 0 Å². The molecule has 4 nitrogen and oxygen atoms in total. The molecule has 0 radical (unpaired) electrons. The largest absolute Gasteiger partial charge is 0.389 e. The van der Waals surface area contributed by atoms with Gasteiger partial charge in [0, 0.05) is 37.4 Å². The van der Waals surface area contributed by atoms with E-state index in [9.17, 15) is 0 Å². The van der Waals surface area contributed by atoms with Crippen LogP contribution < -0.4 is 10.6 Å². The molecule has 1 aromatic heterocycles. The van der Waals surface area contributed by atoms with E-state index in [-0.39, 0.29) is 0 Å². The summed E-state index contributed by atoms with van der Waals surface area (Å²) in [6.07, 6.45) is 2.37. The van der Waals surface area contributed by atoms with E-state index in [1.165, 1.54) is 25.9 Å². The highest BCUT2D eigenvalue weighted by Gasteiger charge is 2.22. The van der Waals surface area contributed by atoms with Crippen molar-refractivity contribution in [3.8, 4) is 0 Å². The van der Waals surface area contributed by atoms with Crippen molar-refractivity contribution >= 4 is 23.0 Å². The van der Waals surface area contributed by atoms with E-state index in [2.05, 4.69) is 28.8 Å². The van der Waals surface area contributed by atoms with Crippen molar-refractivity contribution in [3.63, 3.8) is 0 Å². The zero-order valence-electron chi connectivity index (χ0n) is 12.6. The standard InChI is InChI=1S/C15H24N4S/c1-4-19-7-5-13(6-8-19)18(3)14-10-12(15(16)20)9-11(2)17-14/h9-10,13H,4-8H2,1-3H3,(H2,16,20). The first-order valence-electron chi connectivity index (χ1n) is 7.25. The summed E-state index contributed by atoms with van der Waals surface area (Å²) < 4.78 is 0. The van der Waals surface area contributed by atoms with Crippen LogP contribution in [0, 0.1) is 6.92 Å². The summed E-state index contributed by atoms with van der Waals surface area (Å²) >= 11 is 5.08. The van der Waals surface area contributed by atoms with Gasteiger partial charge in [0.1, 0.15) is 10.8 Å². The summed E-state index contributed by atoms with van der Waals surface area (Å²) in [4.78, 5) is 9.84. The second-order valence-electron chi connectivity index (χ2n) is 5.50. The maximum absolute atomic E-state index is 5.74. The highest BCUT2D eigenvalue weighted by molar-refractivity contribution is 7.80. The SMILES string of the molecule is CCN1CCC(N(C)c2cc(C(N)=S)cc(C)n2)CC1. The zero-order chi connectivity index (χ0) is 14.7. The highest BCUT2D eigenvalue weighted by Crippen LogP contribution is 2.22. The number of nitrogens with zero attached hydrogens (tertiary/aromatic N) is 3.